The highest BCUT2D eigenvalue weighted by atomic mass is 16.8. The van der Waals surface area contributed by atoms with E-state index in [0.717, 1.165) is 24.8 Å². The summed E-state index contributed by atoms with van der Waals surface area (Å²) >= 11 is 0. The molecule has 0 radical (unpaired) electrons. The maximum atomic E-state index is 12.9. The van der Waals surface area contributed by atoms with Crippen molar-refractivity contribution in [3.05, 3.63) is 11.6 Å². The van der Waals surface area contributed by atoms with Crippen LogP contribution < -0.4 is 0 Å². The Kier molecular flexibility index (Phi) is 21.3. The number of ether oxygens (including phenoxy) is 10. The van der Waals surface area contributed by atoms with Gasteiger partial charge in [-0.25, -0.2) is 0 Å². The Balaban J connectivity index is 0.936. The predicted molar refractivity (Wildman–Crippen MR) is 293 cm³/mol. The van der Waals surface area contributed by atoms with Crippen LogP contribution in [-0.2, 0) is 47.4 Å². The summed E-state index contributed by atoms with van der Waals surface area (Å²) in [4.78, 5) is 0. The lowest BCUT2D eigenvalue weighted by Gasteiger charge is -2.71. The second-order valence-corrected chi connectivity index (χ2v) is 28.1. The van der Waals surface area contributed by atoms with Crippen molar-refractivity contribution in [1.82, 2.24) is 0 Å². The molecular formula is C59H100O27. The molecule has 9 aliphatic rings. The van der Waals surface area contributed by atoms with Crippen LogP contribution in [0.15, 0.2) is 11.6 Å². The van der Waals surface area contributed by atoms with Crippen molar-refractivity contribution < 1.29 is 134 Å². The molecule has 0 aromatic heterocycles. The molecule has 498 valence electrons. The number of fused-ring (bicyclic) bond motifs is 5. The van der Waals surface area contributed by atoms with Crippen LogP contribution in [0.25, 0.3) is 0 Å². The van der Waals surface area contributed by atoms with E-state index in [1.807, 2.05) is 20.8 Å². The first kappa shape index (κ1) is 69.0. The summed E-state index contributed by atoms with van der Waals surface area (Å²) in [7, 11) is 0. The summed E-state index contributed by atoms with van der Waals surface area (Å²) in [6.45, 7) is 13.8. The Morgan fingerprint density at radius 3 is 1.64 bits per heavy atom. The minimum absolute atomic E-state index is 0.0153. The van der Waals surface area contributed by atoms with Crippen molar-refractivity contribution in [2.45, 2.75) is 278 Å². The lowest BCUT2D eigenvalue weighted by atomic mass is 9.35. The summed E-state index contributed by atoms with van der Waals surface area (Å²) in [6.07, 6.45) is -33.8. The first-order chi connectivity index (χ1) is 40.3. The monoisotopic (exact) mass is 1240 g/mol. The van der Waals surface area contributed by atoms with E-state index in [1.54, 1.807) is 0 Å². The third-order valence-corrected chi connectivity index (χ3v) is 22.6. The van der Waals surface area contributed by atoms with Crippen molar-refractivity contribution >= 4 is 0 Å². The van der Waals surface area contributed by atoms with Crippen LogP contribution in [-0.4, -0.2) is 285 Å². The Hall–Kier alpha value is -1.34. The third-order valence-electron chi connectivity index (χ3n) is 22.6. The molecule has 27 heteroatoms. The van der Waals surface area contributed by atoms with Gasteiger partial charge in [-0.1, -0.05) is 46.3 Å². The van der Waals surface area contributed by atoms with E-state index in [2.05, 4.69) is 40.7 Å². The lowest BCUT2D eigenvalue weighted by molar-refractivity contribution is -0.390. The zero-order valence-corrected chi connectivity index (χ0v) is 50.5. The molecule has 86 heavy (non-hydrogen) atoms. The summed E-state index contributed by atoms with van der Waals surface area (Å²) in [5, 5.41) is 186. The van der Waals surface area contributed by atoms with Gasteiger partial charge in [-0.3, -0.25) is 0 Å². The standard InChI is InChI=1S/C59H100O27/c1-24(2)10-9-14-59(8,86-52-46(75)42(71)40(69)31(82-52)23-78-51-45(74)41(70)37(66)28(19-60)79-51)25-11-16-58(7)35(25)26(63)18-33-56(5)15-13-34(55(3,4)32(56)12-17-57(33,58)6)83-53-49(44(73)39(68)29(20-61)80-53)85-54-48(43(72)38(67)30(21-62)81-54)84-47-36(65)27(64)22-77-50(47)76/h10,25-54,60-76H,9,11-23H2,1-8H3/t25-,26+,27+,28+,29+,30+,31+,32-,33+,34-,35-,36-,37+,38+,39+,40+,41-,42-,43-,44-,45+,46+,47+,48+,49+,50+,51+,52-,53-,54-,56-,57+,58+,59-/m0/s1. The lowest BCUT2D eigenvalue weighted by Crippen LogP contribution is -2.68. The van der Waals surface area contributed by atoms with Gasteiger partial charge in [0.05, 0.1) is 50.8 Å². The molecule has 0 aromatic rings. The van der Waals surface area contributed by atoms with Gasteiger partial charge < -0.3 is 134 Å². The molecule has 0 spiro atoms. The first-order valence-corrected chi connectivity index (χ1v) is 30.8. The van der Waals surface area contributed by atoms with Crippen molar-refractivity contribution in [2.24, 2.45) is 45.3 Å². The van der Waals surface area contributed by atoms with Crippen molar-refractivity contribution in [2.75, 3.05) is 33.0 Å². The highest BCUT2D eigenvalue weighted by Crippen LogP contribution is 2.76. The first-order valence-electron chi connectivity index (χ1n) is 30.8. The highest BCUT2D eigenvalue weighted by Gasteiger charge is 2.72. The number of aliphatic hydroxyl groups is 17. The molecule has 17 N–H and O–H groups in total. The minimum Gasteiger partial charge on any atom is -0.394 e. The topological polar surface area (TPSA) is 436 Å². The van der Waals surface area contributed by atoms with Gasteiger partial charge in [-0.15, -0.1) is 0 Å². The largest absolute Gasteiger partial charge is 0.394 e. The van der Waals surface area contributed by atoms with E-state index in [-0.39, 0.29) is 34.5 Å². The summed E-state index contributed by atoms with van der Waals surface area (Å²) in [6, 6.07) is 0. The SMILES string of the molecule is CC(C)=CCC[C@](C)(O[C@@H]1O[C@H](CO[C@@H]2O[C@H](CO)[C@@H](O)[C@H](O)[C@H]2O)[C@@H](O)[C@H](O)[C@H]1O)[C@H]1CC[C@]2(C)[C@@H]1[C@H](O)C[C@@H]1[C@@]3(C)CC[C@H](O[C@@H]4O[C@H](CO)[C@@H](O)[C@H](O)[C@H]4O[C@@H]4O[C@H](CO)[C@@H](O)[C@H](O)[C@H]4O[C@@H]4[C@@H](O)[C@H](O)CO[C@H]4O)C(C)(C)[C@@H]3CC[C@]12C. The second kappa shape index (κ2) is 26.6. The molecular weight excluding hydrogens is 1140 g/mol. The van der Waals surface area contributed by atoms with Crippen LogP contribution in [0.2, 0.25) is 0 Å². The number of aliphatic hydroxyl groups excluding tert-OH is 17. The average molecular weight is 1240 g/mol. The summed E-state index contributed by atoms with van der Waals surface area (Å²) in [5.41, 5.74) is -1.88. The van der Waals surface area contributed by atoms with Crippen LogP contribution in [0.1, 0.15) is 113 Å². The number of hydrogen-bond acceptors (Lipinski definition) is 27. The third kappa shape index (κ3) is 12.3. The second-order valence-electron chi connectivity index (χ2n) is 28.1. The Labute approximate surface area is 501 Å². The predicted octanol–water partition coefficient (Wildman–Crippen LogP) is -3.74. The molecule has 5 aliphatic heterocycles. The summed E-state index contributed by atoms with van der Waals surface area (Å²) < 4.78 is 60.8. The highest BCUT2D eigenvalue weighted by molar-refractivity contribution is 5.21. The minimum atomic E-state index is -1.92. The van der Waals surface area contributed by atoms with Gasteiger partial charge >= 0.3 is 0 Å². The van der Waals surface area contributed by atoms with E-state index in [9.17, 15) is 86.8 Å². The molecule has 0 bridgehead atoms. The zero-order valence-electron chi connectivity index (χ0n) is 50.5. The van der Waals surface area contributed by atoms with E-state index in [4.69, 9.17) is 47.4 Å². The maximum Gasteiger partial charge on any atom is 0.187 e. The van der Waals surface area contributed by atoms with Gasteiger partial charge in [0.25, 0.3) is 0 Å². The van der Waals surface area contributed by atoms with Gasteiger partial charge in [0, 0.05) is 0 Å². The molecule has 0 amide bonds. The molecule has 0 aromatic carbocycles. The Bertz CT molecular complexity index is 2260. The van der Waals surface area contributed by atoms with Gasteiger partial charge in [0.1, 0.15) is 116 Å². The van der Waals surface area contributed by atoms with E-state index in [0.29, 0.717) is 38.5 Å². The maximum absolute atomic E-state index is 12.9. The number of hydrogen-bond donors (Lipinski definition) is 17. The quantitative estimate of drug-likeness (QED) is 0.0463. The van der Waals surface area contributed by atoms with Gasteiger partial charge in [-0.2, -0.15) is 0 Å². The van der Waals surface area contributed by atoms with Crippen molar-refractivity contribution in [3.63, 3.8) is 0 Å². The van der Waals surface area contributed by atoms with E-state index in [1.165, 1.54) is 0 Å². The van der Waals surface area contributed by atoms with E-state index < -0.39 is 209 Å². The molecule has 0 unspecified atom stereocenters. The van der Waals surface area contributed by atoms with Crippen LogP contribution in [0.3, 0.4) is 0 Å². The molecule has 9 fully saturated rings. The number of rotatable bonds is 18. The van der Waals surface area contributed by atoms with Crippen molar-refractivity contribution in [3.8, 4) is 0 Å². The van der Waals surface area contributed by atoms with E-state index >= 15 is 0 Å². The molecule has 5 heterocycles. The van der Waals surface area contributed by atoms with Gasteiger partial charge in [0.15, 0.2) is 31.5 Å². The van der Waals surface area contributed by atoms with Gasteiger partial charge in [-0.05, 0) is 124 Å². The fourth-order valence-electron chi connectivity index (χ4n) is 17.5. The van der Waals surface area contributed by atoms with Crippen LogP contribution >= 0.6 is 0 Å². The summed E-state index contributed by atoms with van der Waals surface area (Å²) in [5.74, 6) is -0.667. The molecule has 27 nitrogen and oxygen atoms in total. The fraction of sp³-hybridized carbons (Fsp3) is 0.966. The van der Waals surface area contributed by atoms with Crippen LogP contribution in [0.4, 0.5) is 0 Å². The molecule has 4 saturated carbocycles. The average Bonchev–Trinajstić information content (AvgIpc) is 1.22. The van der Waals surface area contributed by atoms with Crippen molar-refractivity contribution in [1.29, 1.82) is 0 Å². The Morgan fingerprint density at radius 2 is 1.05 bits per heavy atom. The zero-order chi connectivity index (χ0) is 63.1. The molecule has 34 atom stereocenters. The molecule has 5 saturated heterocycles. The van der Waals surface area contributed by atoms with Crippen LogP contribution in [0.5, 0.6) is 0 Å². The Morgan fingerprint density at radius 1 is 0.523 bits per heavy atom. The fourth-order valence-corrected chi connectivity index (χ4v) is 17.5. The number of allylic oxidation sites excluding steroid dienone is 2. The van der Waals surface area contributed by atoms with Gasteiger partial charge in [0.2, 0.25) is 0 Å². The molecule has 9 rings (SSSR count). The smallest absolute Gasteiger partial charge is 0.187 e. The molecule has 4 aliphatic carbocycles. The normalized spacial score (nSPS) is 52.9. The van der Waals surface area contributed by atoms with Crippen LogP contribution in [0, 0.1) is 45.3 Å².